The maximum Gasteiger partial charge on any atom is 0.0506 e. The number of rotatable bonds is 6. The number of hydrogen-bond donors (Lipinski definition) is 1. The van der Waals surface area contributed by atoms with Crippen molar-refractivity contribution in [1.29, 1.82) is 0 Å². The third-order valence-electron chi connectivity index (χ3n) is 3.23. The minimum absolute atomic E-state index is 0.615. The van der Waals surface area contributed by atoms with Crippen LogP contribution >= 0.6 is 22.6 Å². The van der Waals surface area contributed by atoms with E-state index in [9.17, 15) is 0 Å². The maximum atomic E-state index is 5.85. The molecule has 1 aromatic carbocycles. The first-order chi connectivity index (χ1) is 8.49. The summed E-state index contributed by atoms with van der Waals surface area (Å²) in [5, 5.41) is 0. The molecule has 0 spiro atoms. The fourth-order valence-electron chi connectivity index (χ4n) is 2.32. The van der Waals surface area contributed by atoms with Crippen LogP contribution in [0.25, 0.3) is 0 Å². The number of halogens is 1. The molecule has 0 heterocycles. The van der Waals surface area contributed by atoms with Crippen LogP contribution < -0.4 is 10.6 Å². The van der Waals surface area contributed by atoms with E-state index in [4.69, 9.17) is 5.73 Å². The predicted octanol–water partition coefficient (Wildman–Crippen LogP) is 4.52. The van der Waals surface area contributed by atoms with Crippen LogP contribution in [0.5, 0.6) is 0 Å². The first-order valence-corrected chi connectivity index (χ1v) is 7.89. The summed E-state index contributed by atoms with van der Waals surface area (Å²) in [5.74, 6) is 0.666. The molecular formula is C15H25IN2. The zero-order valence-electron chi connectivity index (χ0n) is 11.9. The molecule has 102 valence electrons. The van der Waals surface area contributed by atoms with E-state index in [0.29, 0.717) is 12.0 Å². The molecule has 0 aromatic heterocycles. The average molecular weight is 360 g/mol. The number of benzene rings is 1. The Hall–Kier alpha value is -0.450. The van der Waals surface area contributed by atoms with Crippen molar-refractivity contribution >= 4 is 34.0 Å². The Morgan fingerprint density at radius 1 is 1.22 bits per heavy atom. The smallest absolute Gasteiger partial charge is 0.0506 e. The van der Waals surface area contributed by atoms with Crippen LogP contribution in [-0.2, 0) is 0 Å². The minimum atomic E-state index is 0.615. The molecule has 0 aliphatic heterocycles. The van der Waals surface area contributed by atoms with Crippen LogP contribution in [0.3, 0.4) is 0 Å². The van der Waals surface area contributed by atoms with E-state index < -0.39 is 0 Å². The van der Waals surface area contributed by atoms with Crippen molar-refractivity contribution in [3.05, 3.63) is 21.8 Å². The van der Waals surface area contributed by atoms with Crippen molar-refractivity contribution < 1.29 is 0 Å². The van der Waals surface area contributed by atoms with Crippen molar-refractivity contribution in [2.75, 3.05) is 17.2 Å². The highest BCUT2D eigenvalue weighted by Gasteiger charge is 2.18. The number of nitrogens with two attached hydrogens (primary N) is 1. The molecule has 0 bridgehead atoms. The second kappa shape index (κ2) is 7.22. The van der Waals surface area contributed by atoms with Gasteiger partial charge in [0.2, 0.25) is 0 Å². The molecule has 18 heavy (non-hydrogen) atoms. The van der Waals surface area contributed by atoms with Crippen molar-refractivity contribution in [3.8, 4) is 0 Å². The number of hydrogen-bond acceptors (Lipinski definition) is 2. The van der Waals surface area contributed by atoms with Gasteiger partial charge in [-0.15, -0.1) is 0 Å². The van der Waals surface area contributed by atoms with E-state index in [-0.39, 0.29) is 0 Å². The molecule has 1 aromatic rings. The van der Waals surface area contributed by atoms with Crippen molar-refractivity contribution in [1.82, 2.24) is 0 Å². The second-order valence-corrected chi connectivity index (χ2v) is 6.39. The quantitative estimate of drug-likeness (QED) is 0.597. The average Bonchev–Trinajstić information content (AvgIpc) is 2.29. The molecule has 0 fully saturated rings. The lowest BCUT2D eigenvalue weighted by molar-refractivity contribution is 0.507. The Morgan fingerprint density at radius 2 is 1.83 bits per heavy atom. The van der Waals surface area contributed by atoms with Gasteiger partial charge in [0.1, 0.15) is 0 Å². The molecule has 0 atom stereocenters. The molecule has 2 nitrogen and oxygen atoms in total. The van der Waals surface area contributed by atoms with Crippen LogP contribution in [0, 0.1) is 9.49 Å². The Balaban J connectivity index is 3.08. The normalized spacial score (nSPS) is 11.3. The zero-order valence-corrected chi connectivity index (χ0v) is 14.1. The van der Waals surface area contributed by atoms with E-state index >= 15 is 0 Å². The summed E-state index contributed by atoms with van der Waals surface area (Å²) >= 11 is 2.39. The van der Waals surface area contributed by atoms with Crippen molar-refractivity contribution in [2.45, 2.75) is 46.6 Å². The van der Waals surface area contributed by atoms with Crippen LogP contribution in [-0.4, -0.2) is 12.6 Å². The summed E-state index contributed by atoms with van der Waals surface area (Å²) in [6, 6.07) is 6.85. The fraction of sp³-hybridized carbons (Fsp3) is 0.600. The Morgan fingerprint density at radius 3 is 2.28 bits per heavy atom. The zero-order chi connectivity index (χ0) is 13.7. The molecule has 2 N–H and O–H groups in total. The lowest BCUT2D eigenvalue weighted by atomic mass is 10.1. The van der Waals surface area contributed by atoms with E-state index in [1.807, 2.05) is 6.07 Å². The number of nitrogens with zero attached hydrogens (tertiary/aromatic N) is 1. The molecule has 3 heteroatoms. The topological polar surface area (TPSA) is 29.3 Å². The Kier molecular flexibility index (Phi) is 6.26. The predicted molar refractivity (Wildman–Crippen MR) is 90.1 cm³/mol. The van der Waals surface area contributed by atoms with Gasteiger partial charge >= 0.3 is 0 Å². The van der Waals surface area contributed by atoms with Crippen LogP contribution in [0.4, 0.5) is 11.4 Å². The number of anilines is 2. The van der Waals surface area contributed by atoms with Gasteiger partial charge in [-0.3, -0.25) is 0 Å². The van der Waals surface area contributed by atoms with Crippen LogP contribution in [0.15, 0.2) is 18.2 Å². The molecule has 0 saturated carbocycles. The second-order valence-electron chi connectivity index (χ2n) is 5.23. The summed E-state index contributed by atoms with van der Waals surface area (Å²) < 4.78 is 1.25. The molecule has 0 unspecified atom stereocenters. The SMILES string of the molecule is CCC(CC)N(CC(C)C)c1ccc(N)cc1I. The highest BCUT2D eigenvalue weighted by molar-refractivity contribution is 14.1. The Bertz CT molecular complexity index is 373. The molecule has 0 aliphatic rings. The summed E-state index contributed by atoms with van der Waals surface area (Å²) in [5.41, 5.74) is 8.02. The van der Waals surface area contributed by atoms with E-state index in [1.54, 1.807) is 0 Å². The molecule has 0 amide bonds. The van der Waals surface area contributed by atoms with Crippen LogP contribution in [0.1, 0.15) is 40.5 Å². The fourth-order valence-corrected chi connectivity index (χ4v) is 3.17. The molecule has 0 aliphatic carbocycles. The third-order valence-corrected chi connectivity index (χ3v) is 4.09. The maximum absolute atomic E-state index is 5.85. The largest absolute Gasteiger partial charge is 0.399 e. The van der Waals surface area contributed by atoms with Crippen molar-refractivity contribution in [2.24, 2.45) is 5.92 Å². The highest BCUT2D eigenvalue weighted by atomic mass is 127. The summed E-state index contributed by atoms with van der Waals surface area (Å²) in [4.78, 5) is 2.55. The highest BCUT2D eigenvalue weighted by Crippen LogP contribution is 2.28. The monoisotopic (exact) mass is 360 g/mol. The number of nitrogen functional groups attached to an aromatic ring is 1. The van der Waals surface area contributed by atoms with Gasteiger partial charge in [0, 0.05) is 21.8 Å². The van der Waals surface area contributed by atoms with E-state index in [1.165, 1.54) is 22.1 Å². The van der Waals surface area contributed by atoms with Gasteiger partial charge in [-0.1, -0.05) is 27.7 Å². The van der Waals surface area contributed by atoms with E-state index in [2.05, 4.69) is 67.3 Å². The lowest BCUT2D eigenvalue weighted by Gasteiger charge is -2.35. The molecular weight excluding hydrogens is 335 g/mol. The summed E-state index contributed by atoms with van der Waals surface area (Å²) in [6.45, 7) is 10.2. The van der Waals surface area contributed by atoms with Crippen molar-refractivity contribution in [3.63, 3.8) is 0 Å². The standard InChI is InChI=1S/C15H25IN2/c1-5-13(6-2)18(10-11(3)4)15-8-7-12(17)9-14(15)16/h7-9,11,13H,5-6,10,17H2,1-4H3. The summed E-state index contributed by atoms with van der Waals surface area (Å²) in [7, 11) is 0. The summed E-state index contributed by atoms with van der Waals surface area (Å²) in [6.07, 6.45) is 2.37. The molecule has 0 radical (unpaired) electrons. The first-order valence-electron chi connectivity index (χ1n) is 6.81. The van der Waals surface area contributed by atoms with Crippen LogP contribution in [0.2, 0.25) is 0 Å². The Labute approximate surface area is 125 Å². The van der Waals surface area contributed by atoms with E-state index in [0.717, 1.165) is 12.2 Å². The van der Waals surface area contributed by atoms with Gasteiger partial charge in [-0.05, 0) is 59.5 Å². The minimum Gasteiger partial charge on any atom is -0.399 e. The molecule has 1 rings (SSSR count). The van der Waals surface area contributed by atoms with Gasteiger partial charge in [-0.2, -0.15) is 0 Å². The van der Waals surface area contributed by atoms with Gasteiger partial charge in [0.05, 0.1) is 5.69 Å². The van der Waals surface area contributed by atoms with Gasteiger partial charge < -0.3 is 10.6 Å². The molecule has 0 saturated heterocycles. The lowest BCUT2D eigenvalue weighted by Crippen LogP contribution is -2.37. The van der Waals surface area contributed by atoms with Gasteiger partial charge in [-0.25, -0.2) is 0 Å². The van der Waals surface area contributed by atoms with Gasteiger partial charge in [0.15, 0.2) is 0 Å². The third kappa shape index (κ3) is 4.04. The first kappa shape index (κ1) is 15.6. The van der Waals surface area contributed by atoms with Gasteiger partial charge in [0.25, 0.3) is 0 Å².